The Hall–Kier alpha value is -1.90. The van der Waals surface area contributed by atoms with Gasteiger partial charge < -0.3 is 4.74 Å². The third-order valence-corrected chi connectivity index (χ3v) is 2.97. The molecule has 0 aliphatic carbocycles. The molecule has 3 heteroatoms. The van der Waals surface area contributed by atoms with Gasteiger partial charge in [0.25, 0.3) is 0 Å². The van der Waals surface area contributed by atoms with Gasteiger partial charge in [-0.1, -0.05) is 24.3 Å². The van der Waals surface area contributed by atoms with Crippen LogP contribution in [0.15, 0.2) is 36.4 Å². The zero-order valence-corrected chi connectivity index (χ0v) is 10.3. The maximum Gasteiger partial charge on any atom is 0.165 e. The van der Waals surface area contributed by atoms with E-state index in [1.807, 2.05) is 32.0 Å². The van der Waals surface area contributed by atoms with Crippen LogP contribution in [0.3, 0.4) is 0 Å². The summed E-state index contributed by atoms with van der Waals surface area (Å²) in [4.78, 5) is 0. The Kier molecular flexibility index (Phi) is 3.60. The monoisotopic (exact) mass is 248 g/mol. The van der Waals surface area contributed by atoms with Gasteiger partial charge in [-0.05, 0) is 37.1 Å². The largest absolute Gasteiger partial charge is 0.489 e. The molecule has 0 radical (unpaired) electrons. The van der Waals surface area contributed by atoms with Gasteiger partial charge in [0.2, 0.25) is 0 Å². The van der Waals surface area contributed by atoms with Crippen LogP contribution in [0, 0.1) is 25.5 Å². The van der Waals surface area contributed by atoms with Crippen molar-refractivity contribution in [3.05, 3.63) is 64.7 Å². The van der Waals surface area contributed by atoms with E-state index in [9.17, 15) is 8.78 Å². The molecule has 0 atom stereocenters. The number of hydrogen-bond acceptors (Lipinski definition) is 1. The van der Waals surface area contributed by atoms with E-state index in [4.69, 9.17) is 4.74 Å². The highest BCUT2D eigenvalue weighted by Gasteiger charge is 2.09. The molecule has 0 unspecified atom stereocenters. The molecule has 2 aromatic carbocycles. The molecule has 2 aromatic rings. The maximum atomic E-state index is 13.4. The average Bonchev–Trinajstić information content (AvgIpc) is 2.36. The molecule has 94 valence electrons. The van der Waals surface area contributed by atoms with Gasteiger partial charge in [0.05, 0.1) is 0 Å². The van der Waals surface area contributed by atoms with Crippen LogP contribution in [0.4, 0.5) is 8.78 Å². The summed E-state index contributed by atoms with van der Waals surface area (Å²) in [5.74, 6) is -1.00. The van der Waals surface area contributed by atoms with Crippen molar-refractivity contribution in [1.82, 2.24) is 0 Å². The molecule has 1 nitrogen and oxygen atoms in total. The lowest BCUT2D eigenvalue weighted by Gasteiger charge is -2.11. The molecule has 0 fully saturated rings. The number of halogens is 2. The Morgan fingerprint density at radius 1 is 1.00 bits per heavy atom. The molecule has 0 saturated carbocycles. The Bertz CT molecular complexity index is 513. The van der Waals surface area contributed by atoms with Gasteiger partial charge >= 0.3 is 0 Å². The van der Waals surface area contributed by atoms with E-state index in [0.717, 1.165) is 17.2 Å². The standard InChI is InChI=1S/C15H14F2O/c1-10-5-3-8-14(11(10)2)18-9-12-6-4-7-13(16)15(12)17/h3-8H,9H2,1-2H3. The highest BCUT2D eigenvalue weighted by atomic mass is 19.2. The van der Waals surface area contributed by atoms with Crippen LogP contribution >= 0.6 is 0 Å². The van der Waals surface area contributed by atoms with Crippen molar-refractivity contribution < 1.29 is 13.5 Å². The molecular formula is C15H14F2O. The molecule has 0 aliphatic heterocycles. The first kappa shape index (κ1) is 12.6. The van der Waals surface area contributed by atoms with Crippen molar-refractivity contribution in [2.24, 2.45) is 0 Å². The summed E-state index contributed by atoms with van der Waals surface area (Å²) < 4.78 is 32.0. The van der Waals surface area contributed by atoms with Crippen molar-refractivity contribution in [3.63, 3.8) is 0 Å². The molecule has 0 aliphatic rings. The molecule has 0 aromatic heterocycles. The highest BCUT2D eigenvalue weighted by molar-refractivity contribution is 5.38. The lowest BCUT2D eigenvalue weighted by atomic mass is 10.1. The molecule has 18 heavy (non-hydrogen) atoms. The second-order valence-corrected chi connectivity index (χ2v) is 4.20. The van der Waals surface area contributed by atoms with Crippen LogP contribution in [0.2, 0.25) is 0 Å². The van der Waals surface area contributed by atoms with Crippen LogP contribution in [0.5, 0.6) is 5.75 Å². The third-order valence-electron chi connectivity index (χ3n) is 2.97. The summed E-state index contributed by atoms with van der Waals surface area (Å²) in [5, 5.41) is 0. The predicted octanol–water partition coefficient (Wildman–Crippen LogP) is 4.16. The smallest absolute Gasteiger partial charge is 0.165 e. The van der Waals surface area contributed by atoms with Gasteiger partial charge in [-0.15, -0.1) is 0 Å². The van der Waals surface area contributed by atoms with Gasteiger partial charge in [-0.2, -0.15) is 0 Å². The van der Waals surface area contributed by atoms with Gasteiger partial charge in [0.15, 0.2) is 11.6 Å². The van der Waals surface area contributed by atoms with E-state index >= 15 is 0 Å². The van der Waals surface area contributed by atoms with Crippen molar-refractivity contribution in [2.75, 3.05) is 0 Å². The summed E-state index contributed by atoms with van der Waals surface area (Å²) in [6.45, 7) is 3.94. The number of ether oxygens (including phenoxy) is 1. The number of rotatable bonds is 3. The van der Waals surface area contributed by atoms with Gasteiger partial charge in [0, 0.05) is 5.56 Å². The summed E-state index contributed by atoms with van der Waals surface area (Å²) in [5.41, 5.74) is 2.33. The average molecular weight is 248 g/mol. The zero-order chi connectivity index (χ0) is 13.1. The lowest BCUT2D eigenvalue weighted by molar-refractivity contribution is 0.295. The van der Waals surface area contributed by atoms with Gasteiger partial charge in [-0.25, -0.2) is 8.78 Å². The lowest BCUT2D eigenvalue weighted by Crippen LogP contribution is -2.01. The Morgan fingerprint density at radius 2 is 1.72 bits per heavy atom. The fourth-order valence-corrected chi connectivity index (χ4v) is 1.70. The molecule has 0 spiro atoms. The summed E-state index contributed by atoms with van der Waals surface area (Å²) >= 11 is 0. The van der Waals surface area contributed by atoms with E-state index < -0.39 is 11.6 Å². The second kappa shape index (κ2) is 5.17. The number of hydrogen-bond donors (Lipinski definition) is 0. The summed E-state index contributed by atoms with van der Waals surface area (Å²) in [6, 6.07) is 9.75. The Labute approximate surface area is 105 Å². The van der Waals surface area contributed by atoms with E-state index in [0.29, 0.717) is 5.75 Å². The highest BCUT2D eigenvalue weighted by Crippen LogP contribution is 2.22. The van der Waals surface area contributed by atoms with E-state index in [2.05, 4.69) is 0 Å². The van der Waals surface area contributed by atoms with Gasteiger partial charge in [-0.3, -0.25) is 0 Å². The predicted molar refractivity (Wildman–Crippen MR) is 66.6 cm³/mol. The van der Waals surface area contributed by atoms with Crippen LogP contribution in [-0.4, -0.2) is 0 Å². The first-order chi connectivity index (χ1) is 8.59. The fraction of sp³-hybridized carbons (Fsp3) is 0.200. The number of benzene rings is 2. The van der Waals surface area contributed by atoms with Crippen LogP contribution in [0.1, 0.15) is 16.7 Å². The normalized spacial score (nSPS) is 10.4. The minimum atomic E-state index is -0.850. The first-order valence-corrected chi connectivity index (χ1v) is 5.71. The van der Waals surface area contributed by atoms with Crippen LogP contribution < -0.4 is 4.74 Å². The summed E-state index contributed by atoms with van der Waals surface area (Å²) in [6.07, 6.45) is 0. The SMILES string of the molecule is Cc1cccc(OCc2cccc(F)c2F)c1C. The van der Waals surface area contributed by atoms with Crippen molar-refractivity contribution in [1.29, 1.82) is 0 Å². The molecule has 0 amide bonds. The van der Waals surface area contributed by atoms with Crippen LogP contribution in [0.25, 0.3) is 0 Å². The number of aryl methyl sites for hydroxylation is 1. The topological polar surface area (TPSA) is 9.23 Å². The Morgan fingerprint density at radius 3 is 2.50 bits per heavy atom. The van der Waals surface area contributed by atoms with Crippen molar-refractivity contribution >= 4 is 0 Å². The first-order valence-electron chi connectivity index (χ1n) is 5.71. The second-order valence-electron chi connectivity index (χ2n) is 4.20. The van der Waals surface area contributed by atoms with Gasteiger partial charge in [0.1, 0.15) is 12.4 Å². The quantitative estimate of drug-likeness (QED) is 0.792. The van der Waals surface area contributed by atoms with E-state index in [1.165, 1.54) is 12.1 Å². The maximum absolute atomic E-state index is 13.4. The fourth-order valence-electron chi connectivity index (χ4n) is 1.70. The van der Waals surface area contributed by atoms with Crippen molar-refractivity contribution in [3.8, 4) is 5.75 Å². The Balaban J connectivity index is 2.17. The zero-order valence-electron chi connectivity index (χ0n) is 10.3. The minimum absolute atomic E-state index is 0.0217. The van der Waals surface area contributed by atoms with Crippen molar-refractivity contribution in [2.45, 2.75) is 20.5 Å². The minimum Gasteiger partial charge on any atom is -0.489 e. The summed E-state index contributed by atoms with van der Waals surface area (Å²) in [7, 11) is 0. The molecular weight excluding hydrogens is 234 g/mol. The molecule has 0 saturated heterocycles. The van der Waals surface area contributed by atoms with E-state index in [-0.39, 0.29) is 12.2 Å². The third kappa shape index (κ3) is 2.50. The molecule has 2 rings (SSSR count). The molecule has 0 N–H and O–H groups in total. The van der Waals surface area contributed by atoms with E-state index in [1.54, 1.807) is 0 Å². The molecule has 0 bridgehead atoms. The molecule has 0 heterocycles. The van der Waals surface area contributed by atoms with Crippen LogP contribution in [-0.2, 0) is 6.61 Å².